The van der Waals surface area contributed by atoms with Crippen LogP contribution in [0.2, 0.25) is 0 Å². The number of sulfonamides is 1. The molecule has 134 valence electrons. The zero-order valence-electron chi connectivity index (χ0n) is 14.6. The highest BCUT2D eigenvalue weighted by Crippen LogP contribution is 2.24. The van der Waals surface area contributed by atoms with E-state index in [1.807, 2.05) is 32.0 Å². The van der Waals surface area contributed by atoms with Crippen LogP contribution < -0.4 is 9.64 Å². The fraction of sp³-hybridized carbons (Fsp3) is 0.412. The normalized spacial score (nSPS) is 18.3. The van der Waals surface area contributed by atoms with Gasteiger partial charge in [0.05, 0.1) is 11.4 Å². The Hall–Kier alpha value is -2.19. The molecule has 1 atom stereocenters. The maximum atomic E-state index is 12.7. The van der Waals surface area contributed by atoms with Crippen molar-refractivity contribution >= 4 is 15.8 Å². The molecule has 25 heavy (non-hydrogen) atoms. The van der Waals surface area contributed by atoms with Crippen molar-refractivity contribution in [3.63, 3.8) is 0 Å². The van der Waals surface area contributed by atoms with E-state index in [1.165, 1.54) is 4.31 Å². The van der Waals surface area contributed by atoms with E-state index in [2.05, 4.69) is 10.2 Å². The highest BCUT2D eigenvalue weighted by Gasteiger charge is 2.33. The monoisotopic (exact) mass is 362 g/mol. The van der Waals surface area contributed by atoms with Crippen molar-refractivity contribution < 1.29 is 13.2 Å². The van der Waals surface area contributed by atoms with Gasteiger partial charge in [0.2, 0.25) is 15.9 Å². The number of nitrogens with zero attached hydrogens (tertiary/aromatic N) is 4. The zero-order valence-corrected chi connectivity index (χ0v) is 15.4. The summed E-state index contributed by atoms with van der Waals surface area (Å²) in [6.07, 6.45) is 0.405. The van der Waals surface area contributed by atoms with Gasteiger partial charge in [-0.05, 0) is 31.5 Å². The Balaban J connectivity index is 1.66. The summed E-state index contributed by atoms with van der Waals surface area (Å²) >= 11 is 0. The molecule has 0 saturated carbocycles. The van der Waals surface area contributed by atoms with Crippen LogP contribution in [-0.4, -0.2) is 56.2 Å². The SMILES string of the molecule is Cc1ccc(S(=O)(=O)N2CC[C@@H](Oc3ccc(N(C)C)nn3)C2)cc1. The molecule has 0 aliphatic carbocycles. The quantitative estimate of drug-likeness (QED) is 0.806. The Labute approximate surface area is 148 Å². The Kier molecular flexibility index (Phi) is 4.91. The smallest absolute Gasteiger partial charge is 0.243 e. The van der Waals surface area contributed by atoms with Crippen molar-refractivity contribution in [1.82, 2.24) is 14.5 Å². The largest absolute Gasteiger partial charge is 0.472 e. The number of hydrogen-bond donors (Lipinski definition) is 0. The number of rotatable bonds is 5. The number of benzene rings is 1. The van der Waals surface area contributed by atoms with Crippen LogP contribution in [0.25, 0.3) is 0 Å². The Bertz CT molecular complexity index is 820. The van der Waals surface area contributed by atoms with Crippen LogP contribution in [0.1, 0.15) is 12.0 Å². The van der Waals surface area contributed by atoms with Crippen LogP contribution in [0.5, 0.6) is 5.88 Å². The van der Waals surface area contributed by atoms with E-state index in [0.717, 1.165) is 11.4 Å². The summed E-state index contributed by atoms with van der Waals surface area (Å²) in [6, 6.07) is 10.5. The summed E-state index contributed by atoms with van der Waals surface area (Å²) in [6.45, 7) is 2.68. The van der Waals surface area contributed by atoms with Gasteiger partial charge in [-0.1, -0.05) is 17.7 Å². The molecule has 1 aromatic heterocycles. The van der Waals surface area contributed by atoms with Crippen molar-refractivity contribution in [2.45, 2.75) is 24.3 Å². The van der Waals surface area contributed by atoms with Crippen LogP contribution in [-0.2, 0) is 10.0 Å². The highest BCUT2D eigenvalue weighted by atomic mass is 32.2. The first-order chi connectivity index (χ1) is 11.9. The van der Waals surface area contributed by atoms with Gasteiger partial charge in [-0.15, -0.1) is 10.2 Å². The van der Waals surface area contributed by atoms with Crippen molar-refractivity contribution in [2.75, 3.05) is 32.1 Å². The van der Waals surface area contributed by atoms with Gasteiger partial charge in [0, 0.05) is 26.7 Å². The average Bonchev–Trinajstić information content (AvgIpc) is 3.05. The van der Waals surface area contributed by atoms with Gasteiger partial charge in [0.1, 0.15) is 6.10 Å². The second kappa shape index (κ2) is 6.97. The Morgan fingerprint density at radius 2 is 1.84 bits per heavy atom. The molecular weight excluding hydrogens is 340 g/mol. The fourth-order valence-electron chi connectivity index (χ4n) is 2.66. The molecule has 8 heteroatoms. The minimum Gasteiger partial charge on any atom is -0.472 e. The third-order valence-electron chi connectivity index (χ3n) is 4.14. The summed E-state index contributed by atoms with van der Waals surface area (Å²) < 4.78 is 32.7. The molecule has 1 saturated heterocycles. The maximum absolute atomic E-state index is 12.7. The lowest BCUT2D eigenvalue weighted by Gasteiger charge is -2.17. The van der Waals surface area contributed by atoms with E-state index in [0.29, 0.717) is 30.3 Å². The second-order valence-corrected chi connectivity index (χ2v) is 8.27. The molecule has 0 amide bonds. The number of hydrogen-bond acceptors (Lipinski definition) is 6. The van der Waals surface area contributed by atoms with Gasteiger partial charge in [-0.2, -0.15) is 4.31 Å². The van der Waals surface area contributed by atoms with Gasteiger partial charge >= 0.3 is 0 Å². The topological polar surface area (TPSA) is 75.6 Å². The first-order valence-corrected chi connectivity index (χ1v) is 9.55. The molecule has 1 aliphatic rings. The predicted molar refractivity (Wildman–Crippen MR) is 95.3 cm³/mol. The molecule has 3 rings (SSSR count). The Morgan fingerprint density at radius 1 is 1.12 bits per heavy atom. The van der Waals surface area contributed by atoms with E-state index in [-0.39, 0.29) is 6.10 Å². The lowest BCUT2D eigenvalue weighted by atomic mass is 10.2. The van der Waals surface area contributed by atoms with Crippen molar-refractivity contribution in [2.24, 2.45) is 0 Å². The number of ether oxygens (including phenoxy) is 1. The van der Waals surface area contributed by atoms with Crippen LogP contribution in [0, 0.1) is 6.92 Å². The average molecular weight is 362 g/mol. The molecule has 1 aliphatic heterocycles. The molecule has 1 fully saturated rings. The lowest BCUT2D eigenvalue weighted by molar-refractivity contribution is 0.204. The molecule has 2 aromatic rings. The van der Waals surface area contributed by atoms with E-state index < -0.39 is 10.0 Å². The predicted octanol–water partition coefficient (Wildman–Crippen LogP) is 1.69. The van der Waals surface area contributed by atoms with Crippen LogP contribution in [0.4, 0.5) is 5.82 Å². The summed E-state index contributed by atoms with van der Waals surface area (Å²) in [7, 11) is 0.281. The standard InChI is InChI=1S/C17H22N4O3S/c1-13-4-6-15(7-5-13)25(22,23)21-11-10-14(12-21)24-17-9-8-16(18-19-17)20(2)3/h4-9,14H,10-12H2,1-3H3/t14-/m1/s1. The Morgan fingerprint density at radius 3 is 2.44 bits per heavy atom. The first-order valence-electron chi connectivity index (χ1n) is 8.11. The summed E-state index contributed by atoms with van der Waals surface area (Å²) in [5.41, 5.74) is 1.03. The molecule has 0 bridgehead atoms. The third kappa shape index (κ3) is 3.91. The molecule has 7 nitrogen and oxygen atoms in total. The summed E-state index contributed by atoms with van der Waals surface area (Å²) in [5, 5.41) is 8.10. The lowest BCUT2D eigenvalue weighted by Crippen LogP contribution is -2.31. The summed E-state index contributed by atoms with van der Waals surface area (Å²) in [5.74, 6) is 1.15. The van der Waals surface area contributed by atoms with Crippen LogP contribution in [0.15, 0.2) is 41.3 Å². The van der Waals surface area contributed by atoms with Gasteiger partial charge in [0.25, 0.3) is 0 Å². The molecule has 0 unspecified atom stereocenters. The summed E-state index contributed by atoms with van der Waals surface area (Å²) in [4.78, 5) is 2.16. The van der Waals surface area contributed by atoms with Gasteiger partial charge < -0.3 is 9.64 Å². The van der Waals surface area contributed by atoms with Crippen LogP contribution in [0.3, 0.4) is 0 Å². The molecule has 0 radical (unpaired) electrons. The van der Waals surface area contributed by atoms with E-state index >= 15 is 0 Å². The second-order valence-electron chi connectivity index (χ2n) is 6.33. The fourth-order valence-corrected chi connectivity index (χ4v) is 4.14. The van der Waals surface area contributed by atoms with Gasteiger partial charge in [-0.25, -0.2) is 8.42 Å². The molecule has 2 heterocycles. The first kappa shape index (κ1) is 17.6. The highest BCUT2D eigenvalue weighted by molar-refractivity contribution is 7.89. The zero-order chi connectivity index (χ0) is 18.0. The minimum absolute atomic E-state index is 0.222. The van der Waals surface area contributed by atoms with Crippen LogP contribution >= 0.6 is 0 Å². The molecule has 1 aromatic carbocycles. The number of aryl methyl sites for hydroxylation is 1. The molecule has 0 N–H and O–H groups in total. The number of anilines is 1. The van der Waals surface area contributed by atoms with Crippen molar-refractivity contribution in [3.05, 3.63) is 42.0 Å². The minimum atomic E-state index is -3.49. The van der Waals surface area contributed by atoms with Gasteiger partial charge in [-0.3, -0.25) is 0 Å². The van der Waals surface area contributed by atoms with Crippen molar-refractivity contribution in [1.29, 1.82) is 0 Å². The van der Waals surface area contributed by atoms with Crippen molar-refractivity contribution in [3.8, 4) is 5.88 Å². The van der Waals surface area contributed by atoms with E-state index in [4.69, 9.17) is 4.74 Å². The molecule has 0 spiro atoms. The van der Waals surface area contributed by atoms with E-state index in [9.17, 15) is 8.42 Å². The molecular formula is C17H22N4O3S. The van der Waals surface area contributed by atoms with Gasteiger partial charge in [0.15, 0.2) is 5.82 Å². The van der Waals surface area contributed by atoms with E-state index in [1.54, 1.807) is 30.3 Å². The maximum Gasteiger partial charge on any atom is 0.243 e. The number of aromatic nitrogens is 2. The third-order valence-corrected chi connectivity index (χ3v) is 6.02.